The van der Waals surface area contributed by atoms with Gasteiger partial charge in [0.2, 0.25) is 0 Å². The second kappa shape index (κ2) is 6.45. The third-order valence-corrected chi connectivity index (χ3v) is 3.21. The van der Waals surface area contributed by atoms with Gasteiger partial charge >= 0.3 is 5.97 Å². The molecule has 1 N–H and O–H groups in total. The summed E-state index contributed by atoms with van der Waals surface area (Å²) in [5.41, 5.74) is -0.883. The topological polar surface area (TPSA) is 57.6 Å². The molecule has 0 aliphatic carbocycles. The Morgan fingerprint density at radius 3 is 2.20 bits per heavy atom. The molecular weight excluding hydrogens is 268 g/mol. The van der Waals surface area contributed by atoms with Gasteiger partial charge in [-0.3, -0.25) is 4.79 Å². The molecular formula is C14H17F2NO3. The standard InChI is InChI=1S/C14H17F2NO3/c1-4-5-8(2)17(3)13(18)9-6-11(15)12(16)7-10(9)14(19)20/h6-8H,4-5H2,1-3H3,(H,19,20). The first-order chi connectivity index (χ1) is 9.29. The number of nitrogens with zero attached hydrogens (tertiary/aromatic N) is 1. The smallest absolute Gasteiger partial charge is 0.336 e. The van der Waals surface area contributed by atoms with Crippen molar-refractivity contribution in [2.45, 2.75) is 32.7 Å². The molecule has 0 radical (unpaired) electrons. The highest BCUT2D eigenvalue weighted by molar-refractivity contribution is 6.04. The fourth-order valence-corrected chi connectivity index (χ4v) is 1.90. The molecule has 0 saturated carbocycles. The Hall–Kier alpha value is -1.98. The van der Waals surface area contributed by atoms with Crippen LogP contribution >= 0.6 is 0 Å². The molecule has 4 nitrogen and oxygen atoms in total. The summed E-state index contributed by atoms with van der Waals surface area (Å²) in [6.45, 7) is 3.76. The predicted molar refractivity (Wildman–Crippen MR) is 69.8 cm³/mol. The fraction of sp³-hybridized carbons (Fsp3) is 0.429. The number of aromatic carboxylic acids is 1. The van der Waals surface area contributed by atoms with Gasteiger partial charge in [-0.15, -0.1) is 0 Å². The lowest BCUT2D eigenvalue weighted by Gasteiger charge is -2.25. The minimum Gasteiger partial charge on any atom is -0.478 e. The molecule has 0 spiro atoms. The van der Waals surface area contributed by atoms with Crippen molar-refractivity contribution in [2.24, 2.45) is 0 Å². The van der Waals surface area contributed by atoms with Crippen LogP contribution in [0.15, 0.2) is 12.1 Å². The number of rotatable bonds is 5. The largest absolute Gasteiger partial charge is 0.478 e. The Bertz CT molecular complexity index is 531. The minimum atomic E-state index is -1.47. The Morgan fingerprint density at radius 1 is 1.25 bits per heavy atom. The van der Waals surface area contributed by atoms with Crippen LogP contribution < -0.4 is 0 Å². The van der Waals surface area contributed by atoms with Crippen LogP contribution in [0.5, 0.6) is 0 Å². The van der Waals surface area contributed by atoms with Crippen molar-refractivity contribution < 1.29 is 23.5 Å². The molecule has 1 rings (SSSR count). The summed E-state index contributed by atoms with van der Waals surface area (Å²) in [4.78, 5) is 24.6. The van der Waals surface area contributed by atoms with Crippen LogP contribution in [0.2, 0.25) is 0 Å². The molecule has 20 heavy (non-hydrogen) atoms. The summed E-state index contributed by atoms with van der Waals surface area (Å²) in [5, 5.41) is 8.99. The number of hydrogen-bond acceptors (Lipinski definition) is 2. The number of benzene rings is 1. The van der Waals surface area contributed by atoms with E-state index in [2.05, 4.69) is 0 Å². The monoisotopic (exact) mass is 285 g/mol. The van der Waals surface area contributed by atoms with E-state index < -0.39 is 29.1 Å². The average molecular weight is 285 g/mol. The van der Waals surface area contributed by atoms with E-state index in [1.54, 1.807) is 0 Å². The molecule has 1 amide bonds. The van der Waals surface area contributed by atoms with Crippen molar-refractivity contribution in [3.8, 4) is 0 Å². The molecule has 1 aromatic rings. The van der Waals surface area contributed by atoms with E-state index in [0.717, 1.165) is 12.8 Å². The van der Waals surface area contributed by atoms with E-state index in [1.165, 1.54) is 11.9 Å². The Labute approximate surface area is 116 Å². The van der Waals surface area contributed by atoms with Gasteiger partial charge in [0.1, 0.15) is 0 Å². The van der Waals surface area contributed by atoms with Crippen molar-refractivity contribution in [2.75, 3.05) is 7.05 Å². The Kier molecular flexibility index (Phi) is 5.19. The molecule has 0 aromatic heterocycles. The van der Waals surface area contributed by atoms with Gasteiger partial charge in [-0.25, -0.2) is 13.6 Å². The quantitative estimate of drug-likeness (QED) is 0.905. The lowest BCUT2D eigenvalue weighted by molar-refractivity contribution is 0.0669. The lowest BCUT2D eigenvalue weighted by Crippen LogP contribution is -2.36. The number of carboxylic acids is 1. The second-order valence-electron chi connectivity index (χ2n) is 4.67. The summed E-state index contributed by atoms with van der Waals surface area (Å²) >= 11 is 0. The average Bonchev–Trinajstić information content (AvgIpc) is 2.39. The molecule has 1 aromatic carbocycles. The molecule has 0 bridgehead atoms. The Morgan fingerprint density at radius 2 is 1.75 bits per heavy atom. The number of carbonyl (C=O) groups is 2. The van der Waals surface area contributed by atoms with Crippen LogP contribution in [0.25, 0.3) is 0 Å². The maximum atomic E-state index is 13.3. The molecule has 1 unspecified atom stereocenters. The van der Waals surface area contributed by atoms with Crippen LogP contribution in [-0.2, 0) is 0 Å². The first-order valence-corrected chi connectivity index (χ1v) is 6.29. The molecule has 0 heterocycles. The van der Waals surface area contributed by atoms with Crippen LogP contribution in [0.4, 0.5) is 8.78 Å². The highest BCUT2D eigenvalue weighted by Crippen LogP contribution is 2.18. The van der Waals surface area contributed by atoms with Crippen molar-refractivity contribution in [1.82, 2.24) is 4.90 Å². The summed E-state index contributed by atoms with van der Waals surface area (Å²) in [6, 6.07) is 1.04. The third-order valence-electron chi connectivity index (χ3n) is 3.21. The predicted octanol–water partition coefficient (Wildman–Crippen LogP) is 2.92. The normalized spacial score (nSPS) is 12.1. The number of hydrogen-bond donors (Lipinski definition) is 1. The van der Waals surface area contributed by atoms with Crippen LogP contribution in [0.3, 0.4) is 0 Å². The van der Waals surface area contributed by atoms with E-state index in [1.807, 2.05) is 13.8 Å². The van der Waals surface area contributed by atoms with Gasteiger partial charge in [-0.05, 0) is 25.5 Å². The number of carboxylic acid groups (broad SMARTS) is 1. The van der Waals surface area contributed by atoms with Crippen LogP contribution in [0.1, 0.15) is 47.4 Å². The fourth-order valence-electron chi connectivity index (χ4n) is 1.90. The molecule has 1 atom stereocenters. The third kappa shape index (κ3) is 3.31. The zero-order chi connectivity index (χ0) is 15.4. The Balaban J connectivity index is 3.21. The van der Waals surface area contributed by atoms with Crippen LogP contribution in [-0.4, -0.2) is 35.0 Å². The number of amides is 1. The zero-order valence-electron chi connectivity index (χ0n) is 11.6. The highest BCUT2D eigenvalue weighted by atomic mass is 19.2. The maximum absolute atomic E-state index is 13.3. The van der Waals surface area contributed by atoms with Crippen molar-refractivity contribution in [3.63, 3.8) is 0 Å². The SMILES string of the molecule is CCCC(C)N(C)C(=O)c1cc(F)c(F)cc1C(=O)O. The van der Waals surface area contributed by atoms with E-state index >= 15 is 0 Å². The minimum absolute atomic E-state index is 0.123. The first-order valence-electron chi connectivity index (χ1n) is 6.29. The molecule has 0 fully saturated rings. The molecule has 110 valence electrons. The molecule has 6 heteroatoms. The van der Waals surface area contributed by atoms with Crippen molar-refractivity contribution >= 4 is 11.9 Å². The van der Waals surface area contributed by atoms with E-state index in [9.17, 15) is 18.4 Å². The van der Waals surface area contributed by atoms with Gasteiger partial charge in [0.15, 0.2) is 11.6 Å². The van der Waals surface area contributed by atoms with Gasteiger partial charge in [0.25, 0.3) is 5.91 Å². The first kappa shape index (κ1) is 16.1. The van der Waals surface area contributed by atoms with Crippen molar-refractivity contribution in [3.05, 3.63) is 34.9 Å². The number of halogens is 2. The maximum Gasteiger partial charge on any atom is 0.336 e. The van der Waals surface area contributed by atoms with Gasteiger partial charge < -0.3 is 10.0 Å². The second-order valence-corrected chi connectivity index (χ2v) is 4.67. The van der Waals surface area contributed by atoms with Gasteiger partial charge in [0, 0.05) is 13.1 Å². The molecule has 0 saturated heterocycles. The molecule has 0 aliphatic rings. The lowest BCUT2D eigenvalue weighted by atomic mass is 10.0. The summed E-state index contributed by atoms with van der Waals surface area (Å²) in [6.07, 6.45) is 1.58. The van der Waals surface area contributed by atoms with E-state index in [0.29, 0.717) is 12.1 Å². The van der Waals surface area contributed by atoms with Crippen molar-refractivity contribution in [1.29, 1.82) is 0 Å². The highest BCUT2D eigenvalue weighted by Gasteiger charge is 2.24. The van der Waals surface area contributed by atoms with Crippen LogP contribution in [0, 0.1) is 11.6 Å². The zero-order valence-corrected chi connectivity index (χ0v) is 11.6. The summed E-state index contributed by atoms with van der Waals surface area (Å²) in [5.74, 6) is -4.64. The number of carbonyl (C=O) groups excluding carboxylic acids is 1. The van der Waals surface area contributed by atoms with E-state index in [-0.39, 0.29) is 11.6 Å². The summed E-state index contributed by atoms with van der Waals surface area (Å²) < 4.78 is 26.4. The van der Waals surface area contributed by atoms with E-state index in [4.69, 9.17) is 5.11 Å². The molecule has 0 aliphatic heterocycles. The van der Waals surface area contributed by atoms with Gasteiger partial charge in [0.05, 0.1) is 11.1 Å². The van der Waals surface area contributed by atoms with Gasteiger partial charge in [-0.1, -0.05) is 13.3 Å². The van der Waals surface area contributed by atoms with Gasteiger partial charge in [-0.2, -0.15) is 0 Å². The summed E-state index contributed by atoms with van der Waals surface area (Å²) in [7, 11) is 1.51.